The highest BCUT2D eigenvalue weighted by molar-refractivity contribution is 6.37. The summed E-state index contributed by atoms with van der Waals surface area (Å²) in [6, 6.07) is 10.3. The molecule has 0 amide bonds. The molecule has 22 heavy (non-hydrogen) atoms. The van der Waals surface area contributed by atoms with Crippen molar-refractivity contribution in [1.82, 2.24) is 0 Å². The molecule has 0 unspecified atom stereocenters. The van der Waals surface area contributed by atoms with Crippen LogP contribution in [0, 0.1) is 5.92 Å². The van der Waals surface area contributed by atoms with Gasteiger partial charge >= 0.3 is 0 Å². The number of methoxy groups -OCH3 is 1. The van der Waals surface area contributed by atoms with Crippen molar-refractivity contribution in [1.29, 1.82) is 0 Å². The first-order valence-corrected chi connectivity index (χ1v) is 8.42. The van der Waals surface area contributed by atoms with E-state index in [0.717, 1.165) is 40.8 Å². The topological polar surface area (TPSA) is 18.5 Å². The van der Waals surface area contributed by atoms with Crippen molar-refractivity contribution in [2.75, 3.05) is 7.11 Å². The Morgan fingerprint density at radius 2 is 1.82 bits per heavy atom. The quantitative estimate of drug-likeness (QED) is 0.730. The molecule has 0 saturated heterocycles. The van der Waals surface area contributed by atoms with Gasteiger partial charge in [-0.3, -0.25) is 0 Å². The smallest absolute Gasteiger partial charge is 0.138 e. The van der Waals surface area contributed by atoms with E-state index in [4.69, 9.17) is 21.1 Å². The van der Waals surface area contributed by atoms with E-state index >= 15 is 0 Å². The van der Waals surface area contributed by atoms with Crippen LogP contribution in [0.25, 0.3) is 10.8 Å². The third-order valence-corrected chi connectivity index (χ3v) is 4.94. The number of hydrogen-bond acceptors (Lipinski definition) is 2. The largest absolute Gasteiger partial charge is 0.489 e. The zero-order chi connectivity index (χ0) is 15.5. The Labute approximate surface area is 137 Å². The van der Waals surface area contributed by atoms with Gasteiger partial charge in [0.25, 0.3) is 0 Å². The van der Waals surface area contributed by atoms with Crippen molar-refractivity contribution in [2.24, 2.45) is 5.92 Å². The summed E-state index contributed by atoms with van der Waals surface area (Å²) in [5.41, 5.74) is 1.13. The summed E-state index contributed by atoms with van der Waals surface area (Å²) in [6.45, 7) is 2.91. The van der Waals surface area contributed by atoms with Crippen LogP contribution in [-0.4, -0.2) is 13.2 Å². The Bertz CT molecular complexity index is 645. The fourth-order valence-corrected chi connectivity index (χ4v) is 3.46. The molecule has 0 N–H and O–H groups in total. The van der Waals surface area contributed by atoms with Gasteiger partial charge in [-0.25, -0.2) is 0 Å². The van der Waals surface area contributed by atoms with E-state index in [1.165, 1.54) is 12.8 Å². The van der Waals surface area contributed by atoms with Gasteiger partial charge in [0.1, 0.15) is 5.75 Å². The predicted octanol–water partition coefficient (Wildman–Crippen LogP) is 5.60. The lowest BCUT2D eigenvalue weighted by atomic mass is 9.89. The Morgan fingerprint density at radius 1 is 1.09 bits per heavy atom. The third-order valence-electron chi connectivity index (χ3n) is 4.55. The number of hydrogen-bond donors (Lipinski definition) is 0. The van der Waals surface area contributed by atoms with Crippen molar-refractivity contribution in [3.8, 4) is 5.75 Å². The summed E-state index contributed by atoms with van der Waals surface area (Å²) in [5.74, 6) is 1.63. The summed E-state index contributed by atoms with van der Waals surface area (Å²) >= 11 is 6.60. The first kappa shape index (κ1) is 15.6. The van der Waals surface area contributed by atoms with Crippen LogP contribution in [0.3, 0.4) is 0 Å². The molecule has 0 radical (unpaired) electrons. The van der Waals surface area contributed by atoms with Crippen LogP contribution in [0.15, 0.2) is 30.3 Å². The van der Waals surface area contributed by atoms with Gasteiger partial charge < -0.3 is 9.47 Å². The average Bonchev–Trinajstić information content (AvgIpc) is 2.53. The molecule has 2 aromatic carbocycles. The van der Waals surface area contributed by atoms with Crippen molar-refractivity contribution < 1.29 is 9.47 Å². The van der Waals surface area contributed by atoms with Crippen LogP contribution in [0.4, 0.5) is 0 Å². The number of halogens is 1. The van der Waals surface area contributed by atoms with E-state index in [-0.39, 0.29) is 0 Å². The van der Waals surface area contributed by atoms with Gasteiger partial charge in [-0.2, -0.15) is 0 Å². The first-order chi connectivity index (χ1) is 10.7. The molecule has 1 aliphatic carbocycles. The Hall–Kier alpha value is -1.25. The van der Waals surface area contributed by atoms with E-state index in [1.807, 2.05) is 6.07 Å². The van der Waals surface area contributed by atoms with Crippen LogP contribution in [0.5, 0.6) is 5.75 Å². The predicted molar refractivity (Wildman–Crippen MR) is 91.7 cm³/mol. The van der Waals surface area contributed by atoms with E-state index in [0.29, 0.717) is 17.7 Å². The minimum atomic E-state index is 0.299. The molecule has 0 heterocycles. The molecule has 2 nitrogen and oxygen atoms in total. The summed E-state index contributed by atoms with van der Waals surface area (Å²) in [7, 11) is 1.70. The second-order valence-electron chi connectivity index (χ2n) is 6.37. The molecule has 0 aliphatic heterocycles. The number of benzene rings is 2. The lowest BCUT2D eigenvalue weighted by Crippen LogP contribution is -2.23. The standard InChI is InChI=1S/C19H23ClO2/c1-13-3-8-16(9-4-13)22-18-10-7-15-6-5-14(12-21-2)11-17(15)19(18)20/h5-7,10-11,13,16H,3-4,8-9,12H2,1-2H3. The molecule has 0 aromatic heterocycles. The minimum Gasteiger partial charge on any atom is -0.489 e. The summed E-state index contributed by atoms with van der Waals surface area (Å²) in [6.07, 6.45) is 5.04. The normalized spacial score (nSPS) is 22.0. The van der Waals surface area contributed by atoms with Gasteiger partial charge in [0, 0.05) is 12.5 Å². The lowest BCUT2D eigenvalue weighted by Gasteiger charge is -2.27. The average molecular weight is 319 g/mol. The van der Waals surface area contributed by atoms with Crippen LogP contribution in [0.2, 0.25) is 5.02 Å². The maximum Gasteiger partial charge on any atom is 0.138 e. The van der Waals surface area contributed by atoms with Gasteiger partial charge in [-0.1, -0.05) is 36.7 Å². The molecule has 1 fully saturated rings. The Kier molecular flexibility index (Phi) is 4.90. The van der Waals surface area contributed by atoms with Crippen LogP contribution in [0.1, 0.15) is 38.2 Å². The summed E-state index contributed by atoms with van der Waals surface area (Å²) < 4.78 is 11.4. The van der Waals surface area contributed by atoms with Gasteiger partial charge in [0.15, 0.2) is 0 Å². The molecular formula is C19H23ClO2. The van der Waals surface area contributed by atoms with Crippen molar-refractivity contribution in [3.63, 3.8) is 0 Å². The van der Waals surface area contributed by atoms with E-state index in [9.17, 15) is 0 Å². The maximum atomic E-state index is 6.60. The number of rotatable bonds is 4. The van der Waals surface area contributed by atoms with Crippen molar-refractivity contribution in [2.45, 2.75) is 45.3 Å². The van der Waals surface area contributed by atoms with Crippen LogP contribution >= 0.6 is 11.6 Å². The number of fused-ring (bicyclic) bond motifs is 1. The fourth-order valence-electron chi connectivity index (χ4n) is 3.18. The monoisotopic (exact) mass is 318 g/mol. The SMILES string of the molecule is COCc1ccc2ccc(OC3CCC(C)CC3)c(Cl)c2c1. The van der Waals surface area contributed by atoms with E-state index in [2.05, 4.69) is 31.2 Å². The molecule has 1 saturated carbocycles. The van der Waals surface area contributed by atoms with Crippen molar-refractivity contribution >= 4 is 22.4 Å². The van der Waals surface area contributed by atoms with Gasteiger partial charge in [-0.05, 0) is 54.7 Å². The molecule has 0 atom stereocenters. The number of ether oxygens (including phenoxy) is 2. The highest BCUT2D eigenvalue weighted by Gasteiger charge is 2.20. The molecule has 118 valence electrons. The van der Waals surface area contributed by atoms with Gasteiger partial charge in [0.05, 0.1) is 17.7 Å². The second kappa shape index (κ2) is 6.89. The third kappa shape index (κ3) is 3.39. The molecule has 2 aromatic rings. The summed E-state index contributed by atoms with van der Waals surface area (Å²) in [5, 5.41) is 2.89. The maximum absolute atomic E-state index is 6.60. The van der Waals surface area contributed by atoms with E-state index < -0.39 is 0 Å². The molecule has 0 spiro atoms. The van der Waals surface area contributed by atoms with Crippen molar-refractivity contribution in [3.05, 3.63) is 40.9 Å². The lowest BCUT2D eigenvalue weighted by molar-refractivity contribution is 0.136. The van der Waals surface area contributed by atoms with Crippen LogP contribution < -0.4 is 4.74 Å². The minimum absolute atomic E-state index is 0.299. The van der Waals surface area contributed by atoms with Crippen LogP contribution in [-0.2, 0) is 11.3 Å². The van der Waals surface area contributed by atoms with E-state index in [1.54, 1.807) is 7.11 Å². The highest BCUT2D eigenvalue weighted by atomic mass is 35.5. The molecular weight excluding hydrogens is 296 g/mol. The summed E-state index contributed by atoms with van der Waals surface area (Å²) in [4.78, 5) is 0. The molecule has 3 rings (SSSR count). The zero-order valence-corrected chi connectivity index (χ0v) is 14.0. The van der Waals surface area contributed by atoms with Gasteiger partial charge in [-0.15, -0.1) is 0 Å². The van der Waals surface area contributed by atoms with Gasteiger partial charge in [0.2, 0.25) is 0 Å². The Morgan fingerprint density at radius 3 is 2.55 bits per heavy atom. The highest BCUT2D eigenvalue weighted by Crippen LogP contribution is 2.36. The molecule has 0 bridgehead atoms. The second-order valence-corrected chi connectivity index (χ2v) is 6.74. The first-order valence-electron chi connectivity index (χ1n) is 8.04. The Balaban J connectivity index is 1.85. The molecule has 1 aliphatic rings. The zero-order valence-electron chi connectivity index (χ0n) is 13.3. The fraction of sp³-hybridized carbons (Fsp3) is 0.474. The molecule has 3 heteroatoms.